The van der Waals surface area contributed by atoms with Gasteiger partial charge in [-0.3, -0.25) is 0 Å². The molecule has 0 heterocycles. The largest absolute Gasteiger partial charge is 0.496 e. The molecule has 3 nitrogen and oxygen atoms in total. The minimum absolute atomic E-state index is 0.0192. The van der Waals surface area contributed by atoms with Gasteiger partial charge in [0, 0.05) is 16.6 Å². The van der Waals surface area contributed by atoms with Crippen LogP contribution in [-0.2, 0) is 6.61 Å². The van der Waals surface area contributed by atoms with Gasteiger partial charge in [0.1, 0.15) is 18.1 Å². The fourth-order valence-electron chi connectivity index (χ4n) is 2.13. The molecule has 2 rings (SSSR count). The van der Waals surface area contributed by atoms with Crippen molar-refractivity contribution in [2.24, 2.45) is 5.73 Å². The summed E-state index contributed by atoms with van der Waals surface area (Å²) in [5.41, 5.74) is 8.96. The molecule has 4 heteroatoms. The Balaban J connectivity index is 2.15. The van der Waals surface area contributed by atoms with Crippen LogP contribution >= 0.6 is 11.6 Å². The summed E-state index contributed by atoms with van der Waals surface area (Å²) < 4.78 is 11.2. The van der Waals surface area contributed by atoms with E-state index in [0.717, 1.165) is 28.2 Å². The van der Waals surface area contributed by atoms with Crippen LogP contribution in [0.5, 0.6) is 11.5 Å². The van der Waals surface area contributed by atoms with Crippen molar-refractivity contribution in [2.45, 2.75) is 26.5 Å². The van der Waals surface area contributed by atoms with E-state index in [1.165, 1.54) is 0 Å². The second-order valence-corrected chi connectivity index (χ2v) is 5.49. The molecule has 112 valence electrons. The van der Waals surface area contributed by atoms with Crippen LogP contribution in [0.25, 0.3) is 0 Å². The third-order valence-electron chi connectivity index (χ3n) is 3.35. The highest BCUT2D eigenvalue weighted by molar-refractivity contribution is 6.30. The molecule has 0 aromatic heterocycles. The Labute approximate surface area is 130 Å². The maximum absolute atomic E-state index is 6.02. The van der Waals surface area contributed by atoms with E-state index in [9.17, 15) is 0 Å². The lowest BCUT2D eigenvalue weighted by molar-refractivity contribution is 0.294. The van der Waals surface area contributed by atoms with Crippen LogP contribution in [0.2, 0.25) is 5.02 Å². The quantitative estimate of drug-likeness (QED) is 0.898. The highest BCUT2D eigenvalue weighted by Crippen LogP contribution is 2.26. The summed E-state index contributed by atoms with van der Waals surface area (Å²) in [5.74, 6) is 1.60. The van der Waals surface area contributed by atoms with Crippen LogP contribution in [0.4, 0.5) is 0 Å². The van der Waals surface area contributed by atoms with Gasteiger partial charge in [-0.05, 0) is 49.2 Å². The number of hydrogen-bond acceptors (Lipinski definition) is 3. The van der Waals surface area contributed by atoms with Gasteiger partial charge in [0.2, 0.25) is 0 Å². The van der Waals surface area contributed by atoms with Gasteiger partial charge < -0.3 is 15.2 Å². The summed E-state index contributed by atoms with van der Waals surface area (Å²) in [6.45, 7) is 4.38. The van der Waals surface area contributed by atoms with Crippen molar-refractivity contribution in [2.75, 3.05) is 7.11 Å². The van der Waals surface area contributed by atoms with Crippen molar-refractivity contribution in [1.82, 2.24) is 0 Å². The fourth-order valence-corrected chi connectivity index (χ4v) is 2.33. The Kier molecular flexibility index (Phi) is 5.10. The number of methoxy groups -OCH3 is 1. The topological polar surface area (TPSA) is 44.5 Å². The Morgan fingerprint density at radius 2 is 1.86 bits per heavy atom. The molecule has 2 aromatic rings. The van der Waals surface area contributed by atoms with Crippen LogP contribution in [0, 0.1) is 6.92 Å². The normalized spacial score (nSPS) is 12.0. The lowest BCUT2D eigenvalue weighted by atomic mass is 10.1. The van der Waals surface area contributed by atoms with E-state index in [0.29, 0.717) is 11.6 Å². The number of hydrogen-bond donors (Lipinski definition) is 1. The number of ether oxygens (including phenoxy) is 2. The molecule has 0 aliphatic carbocycles. The third-order valence-corrected chi connectivity index (χ3v) is 3.59. The zero-order valence-corrected chi connectivity index (χ0v) is 13.3. The molecule has 0 unspecified atom stereocenters. The predicted octanol–water partition coefficient (Wildman–Crippen LogP) is 4.26. The molecule has 0 bridgehead atoms. The lowest BCUT2D eigenvalue weighted by Crippen LogP contribution is -2.06. The van der Waals surface area contributed by atoms with Gasteiger partial charge in [0.05, 0.1) is 7.11 Å². The average Bonchev–Trinajstić information content (AvgIpc) is 2.46. The molecule has 0 amide bonds. The van der Waals surface area contributed by atoms with E-state index in [1.54, 1.807) is 13.2 Å². The summed E-state index contributed by atoms with van der Waals surface area (Å²) in [6, 6.07) is 11.5. The highest BCUT2D eigenvalue weighted by atomic mass is 35.5. The third kappa shape index (κ3) is 3.90. The van der Waals surface area contributed by atoms with Crippen LogP contribution in [0.15, 0.2) is 36.4 Å². The first kappa shape index (κ1) is 15.7. The van der Waals surface area contributed by atoms with Crippen molar-refractivity contribution in [1.29, 1.82) is 0 Å². The molecule has 0 spiro atoms. The first-order chi connectivity index (χ1) is 10.0. The second-order valence-electron chi connectivity index (χ2n) is 5.06. The molecule has 0 aliphatic rings. The minimum Gasteiger partial charge on any atom is -0.496 e. The number of nitrogens with two attached hydrogens (primary N) is 1. The number of aryl methyl sites for hydroxylation is 1. The number of benzene rings is 2. The number of rotatable bonds is 5. The minimum atomic E-state index is 0.0192. The maximum Gasteiger partial charge on any atom is 0.125 e. The van der Waals surface area contributed by atoms with E-state index in [2.05, 4.69) is 6.07 Å². The Bertz CT molecular complexity index is 626. The average molecular weight is 306 g/mol. The SMILES string of the molecule is COc1ccc(Cl)cc1COc1ccc([C@H](C)N)cc1C. The Morgan fingerprint density at radius 3 is 2.48 bits per heavy atom. The first-order valence-electron chi connectivity index (χ1n) is 6.82. The van der Waals surface area contributed by atoms with E-state index in [-0.39, 0.29) is 6.04 Å². The Hall–Kier alpha value is -1.71. The molecular formula is C17H20ClNO2. The van der Waals surface area contributed by atoms with Gasteiger partial charge in [-0.25, -0.2) is 0 Å². The molecule has 0 saturated heterocycles. The zero-order chi connectivity index (χ0) is 15.4. The Morgan fingerprint density at radius 1 is 1.14 bits per heavy atom. The van der Waals surface area contributed by atoms with Crippen molar-refractivity contribution in [3.63, 3.8) is 0 Å². The van der Waals surface area contributed by atoms with E-state index in [4.69, 9.17) is 26.8 Å². The molecule has 0 aliphatic heterocycles. The van der Waals surface area contributed by atoms with E-state index < -0.39 is 0 Å². The molecule has 0 radical (unpaired) electrons. The van der Waals surface area contributed by atoms with Crippen LogP contribution in [-0.4, -0.2) is 7.11 Å². The van der Waals surface area contributed by atoms with Gasteiger partial charge in [-0.1, -0.05) is 23.7 Å². The van der Waals surface area contributed by atoms with Crippen LogP contribution < -0.4 is 15.2 Å². The summed E-state index contributed by atoms with van der Waals surface area (Å²) >= 11 is 6.02. The fraction of sp³-hybridized carbons (Fsp3) is 0.294. The van der Waals surface area contributed by atoms with Gasteiger partial charge in [-0.2, -0.15) is 0 Å². The summed E-state index contributed by atoms with van der Waals surface area (Å²) in [7, 11) is 1.63. The van der Waals surface area contributed by atoms with E-state index >= 15 is 0 Å². The lowest BCUT2D eigenvalue weighted by Gasteiger charge is -2.14. The van der Waals surface area contributed by atoms with Gasteiger partial charge in [0.25, 0.3) is 0 Å². The summed E-state index contributed by atoms with van der Waals surface area (Å²) in [4.78, 5) is 0. The smallest absolute Gasteiger partial charge is 0.125 e. The first-order valence-corrected chi connectivity index (χ1v) is 7.20. The molecule has 0 saturated carbocycles. The van der Waals surface area contributed by atoms with Gasteiger partial charge >= 0.3 is 0 Å². The number of halogens is 1. The maximum atomic E-state index is 6.02. The van der Waals surface area contributed by atoms with Crippen molar-refractivity contribution < 1.29 is 9.47 Å². The molecule has 0 fully saturated rings. The van der Waals surface area contributed by atoms with Gasteiger partial charge in [-0.15, -0.1) is 0 Å². The van der Waals surface area contributed by atoms with Crippen molar-refractivity contribution >= 4 is 11.6 Å². The molecule has 21 heavy (non-hydrogen) atoms. The standard InChI is InChI=1S/C17H20ClNO2/c1-11-8-13(12(2)19)4-6-16(11)21-10-14-9-15(18)5-7-17(14)20-3/h4-9,12H,10,19H2,1-3H3/t12-/m0/s1. The van der Waals surface area contributed by atoms with Crippen molar-refractivity contribution in [3.8, 4) is 11.5 Å². The molecule has 2 aromatic carbocycles. The van der Waals surface area contributed by atoms with Gasteiger partial charge in [0.15, 0.2) is 0 Å². The summed E-state index contributed by atoms with van der Waals surface area (Å²) in [6.07, 6.45) is 0. The monoisotopic (exact) mass is 305 g/mol. The van der Waals surface area contributed by atoms with Crippen LogP contribution in [0.3, 0.4) is 0 Å². The van der Waals surface area contributed by atoms with Crippen molar-refractivity contribution in [3.05, 3.63) is 58.1 Å². The second kappa shape index (κ2) is 6.83. The summed E-state index contributed by atoms with van der Waals surface area (Å²) in [5, 5.41) is 0.665. The molecule has 2 N–H and O–H groups in total. The van der Waals surface area contributed by atoms with E-state index in [1.807, 2.05) is 38.1 Å². The molecular weight excluding hydrogens is 286 g/mol. The molecule has 1 atom stereocenters. The zero-order valence-electron chi connectivity index (χ0n) is 12.5. The predicted molar refractivity (Wildman–Crippen MR) is 86.1 cm³/mol. The highest BCUT2D eigenvalue weighted by Gasteiger charge is 2.08. The van der Waals surface area contributed by atoms with Crippen LogP contribution in [0.1, 0.15) is 29.7 Å².